The van der Waals surface area contributed by atoms with Crippen molar-refractivity contribution in [2.24, 2.45) is 11.7 Å². The van der Waals surface area contributed by atoms with Crippen molar-refractivity contribution in [1.82, 2.24) is 4.90 Å². The summed E-state index contributed by atoms with van der Waals surface area (Å²) in [5.74, 6) is -0.0884. The van der Waals surface area contributed by atoms with Crippen molar-refractivity contribution < 1.29 is 23.8 Å². The van der Waals surface area contributed by atoms with Gasteiger partial charge in [-0.3, -0.25) is 9.69 Å². The van der Waals surface area contributed by atoms with E-state index in [0.29, 0.717) is 42.3 Å². The Morgan fingerprint density at radius 2 is 1.78 bits per heavy atom. The average molecular weight is 507 g/mol. The lowest BCUT2D eigenvalue weighted by Gasteiger charge is -2.45. The largest absolute Gasteiger partial charge is 0.497 e. The second kappa shape index (κ2) is 11.9. The number of carbonyl (C=O) groups excluding carboxylic acids is 1. The van der Waals surface area contributed by atoms with E-state index in [-0.39, 0.29) is 30.0 Å². The molecule has 7 heteroatoms. The number of rotatable bonds is 9. The molecule has 0 amide bonds. The molecule has 1 aliphatic rings. The quantitative estimate of drug-likeness (QED) is 0.424. The number of aliphatic hydroxyl groups excluding tert-OH is 1. The van der Waals surface area contributed by atoms with Gasteiger partial charge in [-0.05, 0) is 47.9 Å². The number of halogens is 1. The van der Waals surface area contributed by atoms with Crippen molar-refractivity contribution in [3.05, 3.63) is 94.8 Å². The van der Waals surface area contributed by atoms with Gasteiger partial charge in [-0.25, -0.2) is 4.39 Å². The number of carbonyl (C=O) groups is 1. The van der Waals surface area contributed by atoms with Crippen LogP contribution in [-0.4, -0.2) is 62.3 Å². The molecular weight excluding hydrogens is 471 g/mol. The number of hydrogen-bond acceptors (Lipinski definition) is 6. The van der Waals surface area contributed by atoms with E-state index in [9.17, 15) is 14.3 Å². The van der Waals surface area contributed by atoms with Crippen LogP contribution in [-0.2, 0) is 0 Å². The molecule has 4 rings (SSSR count). The van der Waals surface area contributed by atoms with Gasteiger partial charge in [-0.1, -0.05) is 42.5 Å². The third-order valence-electron chi connectivity index (χ3n) is 7.42. The average Bonchev–Trinajstić information content (AvgIpc) is 2.93. The summed E-state index contributed by atoms with van der Waals surface area (Å²) in [7, 11) is 3.19. The van der Waals surface area contributed by atoms with E-state index in [2.05, 4.69) is 4.90 Å². The first-order chi connectivity index (χ1) is 17.9. The molecule has 0 spiro atoms. The number of piperidine rings is 1. The number of ether oxygens (including phenoxy) is 2. The highest BCUT2D eigenvalue weighted by Gasteiger charge is 2.44. The van der Waals surface area contributed by atoms with Crippen LogP contribution in [0.15, 0.2) is 66.7 Å². The maximum absolute atomic E-state index is 14.9. The number of nitrogens with two attached hydrogens (primary N) is 1. The number of aliphatic hydroxyl groups is 1. The second-order valence-electron chi connectivity index (χ2n) is 9.64. The Labute approximate surface area is 217 Å². The van der Waals surface area contributed by atoms with Gasteiger partial charge >= 0.3 is 0 Å². The molecule has 3 N–H and O–H groups in total. The van der Waals surface area contributed by atoms with E-state index in [1.54, 1.807) is 51.5 Å². The molecule has 0 aliphatic carbocycles. The smallest absolute Gasteiger partial charge is 0.167 e. The minimum absolute atomic E-state index is 0.0561. The second-order valence-corrected chi connectivity index (χ2v) is 9.64. The lowest BCUT2D eigenvalue weighted by molar-refractivity contribution is 0.0571. The first kappa shape index (κ1) is 26.8. The van der Waals surface area contributed by atoms with Crippen molar-refractivity contribution in [2.45, 2.75) is 24.9 Å². The molecular formula is C30H35FN2O4. The minimum atomic E-state index is -0.724. The van der Waals surface area contributed by atoms with E-state index < -0.39 is 12.0 Å². The van der Waals surface area contributed by atoms with Gasteiger partial charge < -0.3 is 20.3 Å². The number of Topliss-reactive ketones (excluding diaryl/α,β-unsaturated/α-hetero) is 1. The van der Waals surface area contributed by atoms with Crippen LogP contribution in [0.25, 0.3) is 0 Å². The number of hydrogen-bond donors (Lipinski definition) is 2. The SMILES string of the molecule is COc1cccc(C(=O)[C@H]2CN(CC(O)CN)C[C@H](c3ccccc3OC)[C@H]2c2cccc(F)c2C)c1. The summed E-state index contributed by atoms with van der Waals surface area (Å²) in [6.45, 7) is 3.18. The highest BCUT2D eigenvalue weighted by molar-refractivity contribution is 5.99. The molecule has 1 aliphatic heterocycles. The zero-order valence-electron chi connectivity index (χ0n) is 21.6. The van der Waals surface area contributed by atoms with Gasteiger partial charge in [0, 0.05) is 49.5 Å². The Kier molecular flexibility index (Phi) is 8.59. The Hall–Kier alpha value is -3.26. The Balaban J connectivity index is 1.89. The number of methoxy groups -OCH3 is 2. The first-order valence-electron chi connectivity index (χ1n) is 12.5. The molecule has 1 saturated heterocycles. The lowest BCUT2D eigenvalue weighted by Crippen LogP contribution is -2.50. The minimum Gasteiger partial charge on any atom is -0.497 e. The molecule has 0 bridgehead atoms. The number of benzene rings is 3. The van der Waals surface area contributed by atoms with Gasteiger partial charge in [0.2, 0.25) is 0 Å². The van der Waals surface area contributed by atoms with E-state index in [1.165, 1.54) is 6.07 Å². The van der Waals surface area contributed by atoms with Gasteiger partial charge in [0.15, 0.2) is 5.78 Å². The number of nitrogens with zero attached hydrogens (tertiary/aromatic N) is 1. The fourth-order valence-corrected chi connectivity index (χ4v) is 5.58. The van der Waals surface area contributed by atoms with Gasteiger partial charge in [-0.15, -0.1) is 0 Å². The van der Waals surface area contributed by atoms with E-state index >= 15 is 0 Å². The van der Waals surface area contributed by atoms with E-state index in [1.807, 2.05) is 30.3 Å². The Bertz CT molecular complexity index is 1230. The number of ketones is 1. The maximum Gasteiger partial charge on any atom is 0.167 e. The third kappa shape index (κ3) is 5.69. The molecule has 1 heterocycles. The topological polar surface area (TPSA) is 85.0 Å². The van der Waals surface area contributed by atoms with Gasteiger partial charge in [0.1, 0.15) is 17.3 Å². The molecule has 1 fully saturated rings. The molecule has 4 atom stereocenters. The highest BCUT2D eigenvalue weighted by Crippen LogP contribution is 2.47. The molecule has 1 unspecified atom stereocenters. The predicted octanol–water partition coefficient (Wildman–Crippen LogP) is 4.15. The van der Waals surface area contributed by atoms with Gasteiger partial charge in [-0.2, -0.15) is 0 Å². The van der Waals surface area contributed by atoms with Crippen LogP contribution in [0, 0.1) is 18.7 Å². The fourth-order valence-electron chi connectivity index (χ4n) is 5.58. The van der Waals surface area contributed by atoms with Crippen LogP contribution in [0.3, 0.4) is 0 Å². The zero-order valence-corrected chi connectivity index (χ0v) is 21.6. The van der Waals surface area contributed by atoms with E-state index in [4.69, 9.17) is 15.2 Å². The number of β-amino-alcohol motifs (C(OH)–C–C–N with tert-alkyl or cyclic N) is 1. The molecule has 3 aromatic rings. The summed E-state index contributed by atoms with van der Waals surface area (Å²) >= 11 is 0. The summed E-state index contributed by atoms with van der Waals surface area (Å²) in [5.41, 5.74) is 8.54. The van der Waals surface area contributed by atoms with Crippen molar-refractivity contribution in [2.75, 3.05) is 40.4 Å². The maximum atomic E-state index is 14.9. The van der Waals surface area contributed by atoms with Gasteiger partial charge in [0.05, 0.1) is 20.3 Å². The zero-order chi connectivity index (χ0) is 26.5. The molecule has 0 radical (unpaired) electrons. The van der Waals surface area contributed by atoms with Crippen LogP contribution >= 0.6 is 0 Å². The molecule has 3 aromatic carbocycles. The number of likely N-dealkylation sites (tertiary alicyclic amines) is 1. The van der Waals surface area contributed by atoms with Crippen LogP contribution in [0.2, 0.25) is 0 Å². The van der Waals surface area contributed by atoms with Crippen LogP contribution < -0.4 is 15.2 Å². The fraction of sp³-hybridized carbons (Fsp3) is 0.367. The van der Waals surface area contributed by atoms with Crippen LogP contribution in [0.5, 0.6) is 11.5 Å². The molecule has 0 aromatic heterocycles. The van der Waals surface area contributed by atoms with Crippen molar-refractivity contribution in [3.63, 3.8) is 0 Å². The molecule has 196 valence electrons. The molecule has 37 heavy (non-hydrogen) atoms. The van der Waals surface area contributed by atoms with Crippen LogP contribution in [0.1, 0.15) is 38.9 Å². The van der Waals surface area contributed by atoms with Crippen molar-refractivity contribution >= 4 is 5.78 Å². The normalized spacial score (nSPS) is 20.9. The Morgan fingerprint density at radius 1 is 1.05 bits per heavy atom. The van der Waals surface area contributed by atoms with Crippen molar-refractivity contribution in [1.29, 1.82) is 0 Å². The highest BCUT2D eigenvalue weighted by atomic mass is 19.1. The lowest BCUT2D eigenvalue weighted by atomic mass is 9.67. The first-order valence-corrected chi connectivity index (χ1v) is 12.5. The predicted molar refractivity (Wildman–Crippen MR) is 142 cm³/mol. The molecule has 6 nitrogen and oxygen atoms in total. The standard InChI is InChI=1S/C30H35FN2O4/c1-19-23(11-7-12-27(19)31)29-25(24-10-4-5-13-28(24)37-3)17-33(16-21(34)15-32)18-26(29)30(35)20-8-6-9-22(14-20)36-2/h4-14,21,25-26,29,34H,15-18,32H2,1-3H3/t21?,25-,26+,29-/m1/s1. The van der Waals surface area contributed by atoms with E-state index in [0.717, 1.165) is 11.1 Å². The summed E-state index contributed by atoms with van der Waals surface area (Å²) < 4.78 is 26.0. The summed E-state index contributed by atoms with van der Waals surface area (Å²) in [5, 5.41) is 10.4. The summed E-state index contributed by atoms with van der Waals surface area (Å²) in [4.78, 5) is 16.3. The monoisotopic (exact) mass is 506 g/mol. The van der Waals surface area contributed by atoms with Crippen molar-refractivity contribution in [3.8, 4) is 11.5 Å². The Morgan fingerprint density at radius 3 is 2.51 bits per heavy atom. The summed E-state index contributed by atoms with van der Waals surface area (Å²) in [6.07, 6.45) is -0.724. The third-order valence-corrected chi connectivity index (χ3v) is 7.42. The number of para-hydroxylation sites is 1. The van der Waals surface area contributed by atoms with Gasteiger partial charge in [0.25, 0.3) is 0 Å². The summed E-state index contributed by atoms with van der Waals surface area (Å²) in [6, 6.07) is 19.9. The van der Waals surface area contributed by atoms with Crippen LogP contribution in [0.4, 0.5) is 4.39 Å². The molecule has 0 saturated carbocycles.